The van der Waals surface area contributed by atoms with Crippen molar-refractivity contribution in [2.45, 2.75) is 32.1 Å². The van der Waals surface area contributed by atoms with E-state index in [0.29, 0.717) is 0 Å². The van der Waals surface area contributed by atoms with Crippen LogP contribution in [0.5, 0.6) is 0 Å². The molecule has 0 unspecified atom stereocenters. The number of nitrogens with zero attached hydrogens (tertiary/aromatic N) is 2. The van der Waals surface area contributed by atoms with Crippen LogP contribution in [0.25, 0.3) is 0 Å². The van der Waals surface area contributed by atoms with E-state index >= 15 is 0 Å². The third-order valence-electron chi connectivity index (χ3n) is 2.45. The Bertz CT molecular complexity index is 286. The lowest BCUT2D eigenvalue weighted by Crippen LogP contribution is -2.04. The number of aromatic nitrogens is 2. The number of anilines is 1. The summed E-state index contributed by atoms with van der Waals surface area (Å²) in [6.07, 6.45) is 3.80. The summed E-state index contributed by atoms with van der Waals surface area (Å²) in [5.74, 6) is 1.91. The number of nitrogens with one attached hydrogen (secondary N) is 1. The Hall–Kier alpha value is -0.990. The Morgan fingerprint density at radius 1 is 1.62 bits per heavy atom. The second-order valence-electron chi connectivity index (χ2n) is 3.78. The van der Waals surface area contributed by atoms with Crippen LogP contribution < -0.4 is 5.32 Å². The molecule has 1 aromatic heterocycles. The molecule has 0 atom stereocenters. The summed E-state index contributed by atoms with van der Waals surface area (Å²) in [6, 6.07) is 2.19. The standard InChI is InChI=1S/C10H17N3/c1-3-6-11-10-7-9(8-4-5-8)12-13(10)2/h7-8,11H,3-6H2,1-2H3. The van der Waals surface area contributed by atoms with Gasteiger partial charge in [-0.1, -0.05) is 6.92 Å². The van der Waals surface area contributed by atoms with E-state index in [9.17, 15) is 0 Å². The van der Waals surface area contributed by atoms with Gasteiger partial charge in [-0.25, -0.2) is 0 Å². The maximum atomic E-state index is 4.48. The van der Waals surface area contributed by atoms with E-state index in [0.717, 1.165) is 24.7 Å². The molecule has 1 fully saturated rings. The van der Waals surface area contributed by atoms with Gasteiger partial charge in [0.05, 0.1) is 5.69 Å². The molecule has 3 heteroatoms. The summed E-state index contributed by atoms with van der Waals surface area (Å²) in [5, 5.41) is 7.85. The lowest BCUT2D eigenvalue weighted by atomic mass is 10.3. The quantitative estimate of drug-likeness (QED) is 0.767. The highest BCUT2D eigenvalue weighted by Crippen LogP contribution is 2.39. The minimum Gasteiger partial charge on any atom is -0.370 e. The second-order valence-corrected chi connectivity index (χ2v) is 3.78. The summed E-state index contributed by atoms with van der Waals surface area (Å²) < 4.78 is 1.95. The smallest absolute Gasteiger partial charge is 0.124 e. The van der Waals surface area contributed by atoms with Crippen molar-refractivity contribution in [1.82, 2.24) is 9.78 Å². The number of hydrogen-bond acceptors (Lipinski definition) is 2. The maximum absolute atomic E-state index is 4.48. The molecule has 0 aliphatic heterocycles. The van der Waals surface area contributed by atoms with Crippen LogP contribution in [0.3, 0.4) is 0 Å². The topological polar surface area (TPSA) is 29.9 Å². The van der Waals surface area contributed by atoms with Crippen molar-refractivity contribution in [2.75, 3.05) is 11.9 Å². The molecule has 0 radical (unpaired) electrons. The van der Waals surface area contributed by atoms with Gasteiger partial charge in [0.1, 0.15) is 5.82 Å². The molecule has 13 heavy (non-hydrogen) atoms. The second kappa shape index (κ2) is 3.40. The van der Waals surface area contributed by atoms with Crippen molar-refractivity contribution in [3.63, 3.8) is 0 Å². The van der Waals surface area contributed by atoms with E-state index in [1.807, 2.05) is 11.7 Å². The van der Waals surface area contributed by atoms with Crippen molar-refractivity contribution >= 4 is 5.82 Å². The zero-order chi connectivity index (χ0) is 9.26. The van der Waals surface area contributed by atoms with Crippen molar-refractivity contribution < 1.29 is 0 Å². The first-order valence-corrected chi connectivity index (χ1v) is 5.09. The minimum atomic E-state index is 0.753. The third kappa shape index (κ3) is 1.85. The Kier molecular flexibility index (Phi) is 2.25. The highest BCUT2D eigenvalue weighted by molar-refractivity contribution is 5.38. The lowest BCUT2D eigenvalue weighted by Gasteiger charge is -2.02. The van der Waals surface area contributed by atoms with Gasteiger partial charge in [-0.15, -0.1) is 0 Å². The van der Waals surface area contributed by atoms with Gasteiger partial charge < -0.3 is 5.32 Å². The Morgan fingerprint density at radius 3 is 3.00 bits per heavy atom. The van der Waals surface area contributed by atoms with Crippen LogP contribution in [0.4, 0.5) is 5.82 Å². The Morgan fingerprint density at radius 2 is 2.38 bits per heavy atom. The molecule has 1 saturated carbocycles. The average molecular weight is 179 g/mol. The van der Waals surface area contributed by atoms with E-state index in [-0.39, 0.29) is 0 Å². The molecular weight excluding hydrogens is 162 g/mol. The first-order valence-electron chi connectivity index (χ1n) is 5.09. The monoisotopic (exact) mass is 179 g/mol. The number of hydrogen-bond donors (Lipinski definition) is 1. The molecule has 0 saturated heterocycles. The summed E-state index contributed by atoms with van der Waals surface area (Å²) in [5.41, 5.74) is 1.26. The van der Waals surface area contributed by atoms with Crippen molar-refractivity contribution in [2.24, 2.45) is 7.05 Å². The Labute approximate surface area is 79.1 Å². The fourth-order valence-corrected chi connectivity index (χ4v) is 1.49. The molecule has 1 aliphatic rings. The average Bonchev–Trinajstić information content (AvgIpc) is 2.89. The fourth-order valence-electron chi connectivity index (χ4n) is 1.49. The fraction of sp³-hybridized carbons (Fsp3) is 0.700. The molecule has 0 bridgehead atoms. The normalized spacial score (nSPS) is 16.2. The molecule has 0 amide bonds. The highest BCUT2D eigenvalue weighted by Gasteiger charge is 2.26. The molecule has 2 rings (SSSR count). The van der Waals surface area contributed by atoms with E-state index < -0.39 is 0 Å². The summed E-state index contributed by atoms with van der Waals surface area (Å²) in [6.45, 7) is 3.20. The van der Waals surface area contributed by atoms with Crippen molar-refractivity contribution in [3.8, 4) is 0 Å². The zero-order valence-corrected chi connectivity index (χ0v) is 8.38. The largest absolute Gasteiger partial charge is 0.370 e. The van der Waals surface area contributed by atoms with Gasteiger partial charge in [0, 0.05) is 25.6 Å². The van der Waals surface area contributed by atoms with Crippen molar-refractivity contribution in [3.05, 3.63) is 11.8 Å². The maximum Gasteiger partial charge on any atom is 0.124 e. The third-order valence-corrected chi connectivity index (χ3v) is 2.45. The molecule has 3 nitrogen and oxygen atoms in total. The predicted octanol–water partition coefficient (Wildman–Crippen LogP) is 2.12. The van der Waals surface area contributed by atoms with Gasteiger partial charge in [0.25, 0.3) is 0 Å². The first-order chi connectivity index (χ1) is 6.31. The molecule has 0 spiro atoms. The number of aryl methyl sites for hydroxylation is 1. The van der Waals surface area contributed by atoms with Crippen molar-refractivity contribution in [1.29, 1.82) is 0 Å². The molecule has 1 aromatic rings. The molecule has 72 valence electrons. The molecule has 1 aliphatic carbocycles. The van der Waals surface area contributed by atoms with E-state index in [4.69, 9.17) is 0 Å². The number of rotatable bonds is 4. The van der Waals surface area contributed by atoms with Gasteiger partial charge in [-0.2, -0.15) is 5.10 Å². The lowest BCUT2D eigenvalue weighted by molar-refractivity contribution is 0.744. The van der Waals surface area contributed by atoms with E-state index in [2.05, 4.69) is 23.4 Å². The Balaban J connectivity index is 2.06. The summed E-state index contributed by atoms with van der Waals surface area (Å²) in [4.78, 5) is 0. The van der Waals surface area contributed by atoms with Crippen LogP contribution in [0.1, 0.15) is 37.8 Å². The zero-order valence-electron chi connectivity index (χ0n) is 8.38. The molecule has 1 N–H and O–H groups in total. The van der Waals surface area contributed by atoms with Crippen LogP contribution in [0.15, 0.2) is 6.07 Å². The van der Waals surface area contributed by atoms with Crippen LogP contribution >= 0.6 is 0 Å². The van der Waals surface area contributed by atoms with E-state index in [1.165, 1.54) is 18.5 Å². The predicted molar refractivity (Wildman–Crippen MR) is 54.0 cm³/mol. The van der Waals surface area contributed by atoms with Gasteiger partial charge in [0.2, 0.25) is 0 Å². The van der Waals surface area contributed by atoms with Crippen LogP contribution in [0.2, 0.25) is 0 Å². The van der Waals surface area contributed by atoms with Crippen LogP contribution in [-0.4, -0.2) is 16.3 Å². The van der Waals surface area contributed by atoms with Gasteiger partial charge in [-0.05, 0) is 19.3 Å². The molecule has 0 aromatic carbocycles. The minimum absolute atomic E-state index is 0.753. The molecular formula is C10H17N3. The van der Waals surface area contributed by atoms with Gasteiger partial charge in [0.15, 0.2) is 0 Å². The van der Waals surface area contributed by atoms with Crippen LogP contribution in [0, 0.1) is 0 Å². The highest BCUT2D eigenvalue weighted by atomic mass is 15.3. The van der Waals surface area contributed by atoms with Gasteiger partial charge >= 0.3 is 0 Å². The van der Waals surface area contributed by atoms with Crippen LogP contribution in [-0.2, 0) is 7.05 Å². The first kappa shape index (κ1) is 8.60. The summed E-state index contributed by atoms with van der Waals surface area (Å²) in [7, 11) is 2.00. The van der Waals surface area contributed by atoms with Gasteiger partial charge in [-0.3, -0.25) is 4.68 Å². The molecule has 1 heterocycles. The summed E-state index contributed by atoms with van der Waals surface area (Å²) >= 11 is 0. The van der Waals surface area contributed by atoms with E-state index in [1.54, 1.807) is 0 Å². The SMILES string of the molecule is CCCNc1cc(C2CC2)nn1C.